The summed E-state index contributed by atoms with van der Waals surface area (Å²) < 4.78 is 2.21. The predicted octanol–water partition coefficient (Wildman–Crippen LogP) is 6.88. The van der Waals surface area contributed by atoms with E-state index in [2.05, 4.69) is 94.5 Å². The Hall–Kier alpha value is -4.44. The number of H-pyrrole nitrogens is 1. The van der Waals surface area contributed by atoms with E-state index in [4.69, 9.17) is 9.97 Å². The van der Waals surface area contributed by atoms with Crippen molar-refractivity contribution in [3.05, 3.63) is 103 Å². The van der Waals surface area contributed by atoms with E-state index in [0.29, 0.717) is 0 Å². The fourth-order valence-electron chi connectivity index (χ4n) is 4.64. The molecule has 3 aromatic heterocycles. The summed E-state index contributed by atoms with van der Waals surface area (Å²) in [4.78, 5) is 13.6. The summed E-state index contributed by atoms with van der Waals surface area (Å²) in [7, 11) is 0. The van der Waals surface area contributed by atoms with Gasteiger partial charge in [-0.15, -0.1) is 0 Å². The Morgan fingerprint density at radius 1 is 0.562 bits per heavy atom. The second-order valence-corrected chi connectivity index (χ2v) is 8.03. The molecule has 0 saturated carbocycles. The van der Waals surface area contributed by atoms with Crippen molar-refractivity contribution in [1.82, 2.24) is 19.5 Å². The molecule has 150 valence electrons. The summed E-state index contributed by atoms with van der Waals surface area (Å²) in [6.07, 6.45) is 0. The lowest BCUT2D eigenvalue weighted by molar-refractivity contribution is 1.14. The Morgan fingerprint density at radius 3 is 2.09 bits per heavy atom. The van der Waals surface area contributed by atoms with Crippen molar-refractivity contribution < 1.29 is 0 Å². The Kier molecular flexibility index (Phi) is 3.52. The predicted molar refractivity (Wildman–Crippen MR) is 131 cm³/mol. The third-order valence-electron chi connectivity index (χ3n) is 6.16. The fourth-order valence-corrected chi connectivity index (χ4v) is 4.64. The highest BCUT2D eigenvalue weighted by molar-refractivity contribution is 6.11. The van der Waals surface area contributed by atoms with Gasteiger partial charge in [-0.05, 0) is 35.4 Å². The van der Waals surface area contributed by atoms with Gasteiger partial charge >= 0.3 is 0 Å². The number of para-hydroxylation sites is 2. The van der Waals surface area contributed by atoms with Gasteiger partial charge in [-0.25, -0.2) is 9.97 Å². The van der Waals surface area contributed by atoms with Crippen LogP contribution < -0.4 is 0 Å². The first-order chi connectivity index (χ1) is 15.9. The molecule has 0 aliphatic heterocycles. The number of aromatic nitrogens is 4. The quantitative estimate of drug-likeness (QED) is 0.338. The molecule has 0 atom stereocenters. The van der Waals surface area contributed by atoms with Crippen molar-refractivity contribution >= 4 is 44.1 Å². The molecule has 0 aliphatic carbocycles. The minimum atomic E-state index is 0.809. The molecule has 4 aromatic carbocycles. The molecular weight excluding hydrogens is 392 g/mol. The van der Waals surface area contributed by atoms with Crippen LogP contribution >= 0.6 is 0 Å². The lowest BCUT2D eigenvalue weighted by Gasteiger charge is -2.08. The summed E-state index contributed by atoms with van der Waals surface area (Å²) in [5, 5.41) is 2.20. The van der Waals surface area contributed by atoms with E-state index in [9.17, 15) is 0 Å². The lowest BCUT2D eigenvalue weighted by atomic mass is 10.1. The molecule has 1 N–H and O–H groups in total. The van der Waals surface area contributed by atoms with E-state index in [1.54, 1.807) is 0 Å². The Labute approximate surface area is 183 Å². The van der Waals surface area contributed by atoms with Crippen molar-refractivity contribution in [3.8, 4) is 16.8 Å². The van der Waals surface area contributed by atoms with Crippen LogP contribution in [0.2, 0.25) is 0 Å². The fraction of sp³-hybridized carbons (Fsp3) is 0. The summed E-state index contributed by atoms with van der Waals surface area (Å²) in [5.74, 6) is 0. The van der Waals surface area contributed by atoms with Crippen molar-refractivity contribution in [3.63, 3.8) is 0 Å². The van der Waals surface area contributed by atoms with Gasteiger partial charge in [-0.1, -0.05) is 78.9 Å². The van der Waals surface area contributed by atoms with E-state index in [0.717, 1.165) is 49.8 Å². The average Bonchev–Trinajstić information content (AvgIpc) is 3.38. The van der Waals surface area contributed by atoms with Gasteiger partial charge in [0, 0.05) is 22.0 Å². The summed E-state index contributed by atoms with van der Waals surface area (Å²) in [6.45, 7) is 0. The number of benzene rings is 4. The molecule has 0 amide bonds. The van der Waals surface area contributed by atoms with Gasteiger partial charge in [-0.3, -0.25) is 4.57 Å². The minimum Gasteiger partial charge on any atom is -0.338 e. The molecule has 3 heterocycles. The zero-order valence-corrected chi connectivity index (χ0v) is 17.2. The second-order valence-electron chi connectivity index (χ2n) is 8.03. The maximum atomic E-state index is 5.09. The molecule has 0 radical (unpaired) electrons. The highest BCUT2D eigenvalue weighted by atomic mass is 15.1. The van der Waals surface area contributed by atoms with E-state index >= 15 is 0 Å². The molecule has 4 nitrogen and oxygen atoms in total. The molecule has 0 bridgehead atoms. The van der Waals surface area contributed by atoms with E-state index in [1.807, 2.05) is 18.2 Å². The van der Waals surface area contributed by atoms with Crippen molar-refractivity contribution in [1.29, 1.82) is 0 Å². The highest BCUT2D eigenvalue weighted by Gasteiger charge is 2.17. The molecule has 7 rings (SSSR count). The molecule has 0 unspecified atom stereocenters. The molecule has 7 aromatic rings. The maximum absolute atomic E-state index is 5.09. The first-order valence-corrected chi connectivity index (χ1v) is 10.7. The van der Waals surface area contributed by atoms with E-state index < -0.39 is 0 Å². The average molecular weight is 410 g/mol. The summed E-state index contributed by atoms with van der Waals surface area (Å²) in [6, 6.07) is 35.7. The smallest absolute Gasteiger partial charge is 0.166 e. The first kappa shape index (κ1) is 17.3. The van der Waals surface area contributed by atoms with Crippen LogP contribution in [-0.4, -0.2) is 19.5 Å². The van der Waals surface area contributed by atoms with Gasteiger partial charge in [0.05, 0.1) is 5.52 Å². The molecule has 0 aliphatic rings. The van der Waals surface area contributed by atoms with Gasteiger partial charge < -0.3 is 4.98 Å². The Bertz CT molecular complexity index is 1760. The van der Waals surface area contributed by atoms with Gasteiger partial charge in [-0.2, -0.15) is 0 Å². The normalized spacial score (nSPS) is 11.8. The van der Waals surface area contributed by atoms with E-state index in [-0.39, 0.29) is 0 Å². The van der Waals surface area contributed by atoms with Crippen LogP contribution in [0.3, 0.4) is 0 Å². The second kappa shape index (κ2) is 6.53. The number of fused-ring (bicyclic) bond motifs is 6. The van der Waals surface area contributed by atoms with E-state index in [1.165, 1.54) is 11.1 Å². The van der Waals surface area contributed by atoms with Gasteiger partial charge in [0.1, 0.15) is 11.0 Å². The maximum Gasteiger partial charge on any atom is 0.166 e. The monoisotopic (exact) mass is 410 g/mol. The number of rotatable bonds is 2. The molecule has 4 heteroatoms. The number of nitrogens with zero attached hydrogens (tertiary/aromatic N) is 3. The molecule has 0 spiro atoms. The van der Waals surface area contributed by atoms with Crippen LogP contribution in [0, 0.1) is 0 Å². The number of nitrogens with one attached hydrogen (secondary N) is 1. The third-order valence-corrected chi connectivity index (χ3v) is 6.16. The molecule has 0 fully saturated rings. The number of hydrogen-bond acceptors (Lipinski definition) is 2. The number of hydrogen-bond donors (Lipinski definition) is 1. The van der Waals surface area contributed by atoms with Crippen LogP contribution in [0.1, 0.15) is 0 Å². The zero-order valence-electron chi connectivity index (χ0n) is 17.2. The molecule has 32 heavy (non-hydrogen) atoms. The number of aromatic amines is 1. The van der Waals surface area contributed by atoms with Crippen molar-refractivity contribution in [2.75, 3.05) is 0 Å². The molecule has 0 saturated heterocycles. The Morgan fingerprint density at radius 2 is 1.25 bits per heavy atom. The largest absolute Gasteiger partial charge is 0.338 e. The third kappa shape index (κ3) is 2.44. The van der Waals surface area contributed by atoms with Crippen molar-refractivity contribution in [2.24, 2.45) is 0 Å². The molecular formula is C28H18N4. The summed E-state index contributed by atoms with van der Waals surface area (Å²) in [5.41, 5.74) is 9.13. The minimum absolute atomic E-state index is 0.809. The van der Waals surface area contributed by atoms with Gasteiger partial charge in [0.25, 0.3) is 0 Å². The lowest BCUT2D eigenvalue weighted by Crippen LogP contribution is -1.96. The van der Waals surface area contributed by atoms with Crippen LogP contribution in [0.4, 0.5) is 0 Å². The van der Waals surface area contributed by atoms with Crippen LogP contribution in [0.15, 0.2) is 103 Å². The first-order valence-electron chi connectivity index (χ1n) is 10.7. The van der Waals surface area contributed by atoms with Crippen LogP contribution in [0.5, 0.6) is 0 Å². The Balaban J connectivity index is 1.51. The van der Waals surface area contributed by atoms with Crippen LogP contribution in [-0.2, 0) is 0 Å². The standard InChI is InChI=1S/C28H18N4/c1-2-8-18(9-3-1)19-14-16-20(17-15-19)32-24-13-7-5-11-22(24)26-28(32)31-27-25(30-26)21-10-4-6-12-23(21)29-27/h1-17H,(H,29,31). The SMILES string of the molecule is c1ccc(-c2ccc(-n3c4ccccc4c4nc5c(nc43)[nH]c3ccccc35)cc2)cc1. The van der Waals surface area contributed by atoms with Gasteiger partial charge in [0.2, 0.25) is 0 Å². The van der Waals surface area contributed by atoms with Crippen LogP contribution in [0.25, 0.3) is 60.9 Å². The topological polar surface area (TPSA) is 46.5 Å². The van der Waals surface area contributed by atoms with Crippen molar-refractivity contribution in [2.45, 2.75) is 0 Å². The highest BCUT2D eigenvalue weighted by Crippen LogP contribution is 2.33. The summed E-state index contributed by atoms with van der Waals surface area (Å²) >= 11 is 0. The zero-order chi connectivity index (χ0) is 21.1. The van der Waals surface area contributed by atoms with Gasteiger partial charge in [0.15, 0.2) is 11.3 Å².